The number of hydrogen-bond acceptors (Lipinski definition) is 8. The zero-order chi connectivity index (χ0) is 12.8. The van der Waals surface area contributed by atoms with E-state index < -0.39 is 11.9 Å². The van der Waals surface area contributed by atoms with E-state index >= 15 is 0 Å². The van der Waals surface area contributed by atoms with Gasteiger partial charge in [-0.05, 0) is 0 Å². The van der Waals surface area contributed by atoms with Crippen LogP contribution in [-0.2, 0) is 26.1 Å². The van der Waals surface area contributed by atoms with Crippen LogP contribution in [0.25, 0.3) is 0 Å². The van der Waals surface area contributed by atoms with Gasteiger partial charge in [-0.3, -0.25) is 0 Å². The maximum absolute atomic E-state index is 9.62. The first-order valence-corrected chi connectivity index (χ1v) is 4.57. The van der Waals surface area contributed by atoms with Crippen LogP contribution in [0.3, 0.4) is 0 Å². The number of carboxylic acid groups (broad SMARTS) is 2. The smallest absolute Gasteiger partial charge is 0.549 e. The second-order valence-corrected chi connectivity index (χ2v) is 2.54. The van der Waals surface area contributed by atoms with Crippen LogP contribution in [0.15, 0.2) is 0 Å². The molecule has 0 atom stereocenters. The Balaban J connectivity index is -0.000000218. The molecule has 0 aliphatic carbocycles. The van der Waals surface area contributed by atoms with Crippen LogP contribution in [-0.4, -0.2) is 61.5 Å². The number of hydrogen-bond donors (Lipinski definition) is 4. The molecule has 104 valence electrons. The first-order valence-electron chi connectivity index (χ1n) is 4.57. The first kappa shape index (κ1) is 21.5. The predicted octanol–water partition coefficient (Wildman–Crippen LogP) is -5.37. The summed E-state index contributed by atoms with van der Waals surface area (Å²) in [7, 11) is 0. The fourth-order valence-corrected chi connectivity index (χ4v) is 0.539. The third-order valence-electron chi connectivity index (χ3n) is 1.12. The standard InChI is InChI=1S/2C4H9NO3.Ni/c2*6-2-1-5-3-4(7)8;/h2*5-6H,1-3H2,(H,7,8);/q;;+2/p-2. The molecule has 0 aromatic heterocycles. The molecule has 0 unspecified atom stereocenters. The Morgan fingerprint density at radius 3 is 1.35 bits per heavy atom. The van der Waals surface area contributed by atoms with Gasteiger partial charge >= 0.3 is 16.5 Å². The van der Waals surface area contributed by atoms with Crippen LogP contribution in [0.4, 0.5) is 0 Å². The van der Waals surface area contributed by atoms with Crippen molar-refractivity contribution in [3.63, 3.8) is 0 Å². The van der Waals surface area contributed by atoms with Gasteiger partial charge in [0.2, 0.25) is 0 Å². The molecule has 0 saturated carbocycles. The van der Waals surface area contributed by atoms with E-state index in [1.54, 1.807) is 0 Å². The molecule has 8 nitrogen and oxygen atoms in total. The molecule has 0 aromatic carbocycles. The van der Waals surface area contributed by atoms with Crippen LogP contribution >= 0.6 is 0 Å². The molecular weight excluding hydrogens is 279 g/mol. The van der Waals surface area contributed by atoms with E-state index in [9.17, 15) is 19.8 Å². The van der Waals surface area contributed by atoms with Gasteiger partial charge in [0.1, 0.15) is 0 Å². The Kier molecular flexibility index (Phi) is 22.4. The Morgan fingerprint density at radius 2 is 1.18 bits per heavy atom. The van der Waals surface area contributed by atoms with Crippen molar-refractivity contribution >= 4 is 11.9 Å². The molecule has 0 heterocycles. The summed E-state index contributed by atoms with van der Waals surface area (Å²) >= 11 is 0. The zero-order valence-corrected chi connectivity index (χ0v) is 10.1. The average Bonchev–Trinajstić information content (AvgIpc) is 2.18. The fraction of sp³-hybridized carbons (Fsp3) is 0.750. The molecule has 4 N–H and O–H groups in total. The van der Waals surface area contributed by atoms with Crippen molar-refractivity contribution < 1.29 is 46.5 Å². The minimum Gasteiger partial charge on any atom is -0.549 e. The Bertz CT molecular complexity index is 173. The van der Waals surface area contributed by atoms with Crippen molar-refractivity contribution in [2.45, 2.75) is 0 Å². The molecule has 17 heavy (non-hydrogen) atoms. The topological polar surface area (TPSA) is 145 Å². The number of rotatable bonds is 8. The Hall–Kier alpha value is -0.726. The van der Waals surface area contributed by atoms with Crippen molar-refractivity contribution in [2.24, 2.45) is 0 Å². The second kappa shape index (κ2) is 17.7. The number of carbonyl (C=O) groups excluding carboxylic acids is 2. The number of aliphatic hydroxyl groups excluding tert-OH is 2. The predicted molar refractivity (Wildman–Crippen MR) is 49.9 cm³/mol. The summed E-state index contributed by atoms with van der Waals surface area (Å²) < 4.78 is 0. The van der Waals surface area contributed by atoms with Gasteiger partial charge in [0.05, 0.1) is 25.2 Å². The summed E-state index contributed by atoms with van der Waals surface area (Å²) in [4.78, 5) is 19.2. The molecule has 0 aliphatic rings. The van der Waals surface area contributed by atoms with Gasteiger partial charge in [0.15, 0.2) is 0 Å². The molecule has 0 spiro atoms. The maximum atomic E-state index is 9.62. The van der Waals surface area contributed by atoms with Gasteiger partial charge in [-0.1, -0.05) is 0 Å². The quantitative estimate of drug-likeness (QED) is 0.256. The minimum atomic E-state index is -1.15. The van der Waals surface area contributed by atoms with E-state index in [2.05, 4.69) is 10.6 Å². The molecule has 0 bridgehead atoms. The molecule has 0 radical (unpaired) electrons. The van der Waals surface area contributed by atoms with E-state index in [1.807, 2.05) is 0 Å². The number of carbonyl (C=O) groups is 2. The van der Waals surface area contributed by atoms with Crippen molar-refractivity contribution in [1.29, 1.82) is 0 Å². The van der Waals surface area contributed by atoms with E-state index in [0.717, 1.165) is 0 Å². The fourth-order valence-electron chi connectivity index (χ4n) is 0.539. The van der Waals surface area contributed by atoms with Crippen molar-refractivity contribution in [2.75, 3.05) is 39.4 Å². The zero-order valence-electron chi connectivity index (χ0n) is 9.09. The van der Waals surface area contributed by atoms with Crippen LogP contribution in [0.5, 0.6) is 0 Å². The van der Waals surface area contributed by atoms with Gasteiger partial charge in [-0.25, -0.2) is 0 Å². The van der Waals surface area contributed by atoms with Crippen molar-refractivity contribution in [3.8, 4) is 0 Å². The number of aliphatic hydroxyl groups is 2. The molecule has 0 fully saturated rings. The van der Waals surface area contributed by atoms with Crippen molar-refractivity contribution in [3.05, 3.63) is 0 Å². The summed E-state index contributed by atoms with van der Waals surface area (Å²) in [6, 6.07) is 0. The molecule has 0 aliphatic heterocycles. The first-order chi connectivity index (χ1) is 7.54. The van der Waals surface area contributed by atoms with E-state index in [0.29, 0.717) is 13.1 Å². The normalized spacial score (nSPS) is 8.59. The third kappa shape index (κ3) is 31.3. The minimum absolute atomic E-state index is 0. The Morgan fingerprint density at radius 1 is 0.882 bits per heavy atom. The monoisotopic (exact) mass is 294 g/mol. The molecular formula is C8H16N2NiO6. The van der Waals surface area contributed by atoms with Crippen LogP contribution in [0, 0.1) is 0 Å². The SMILES string of the molecule is O=C([O-])CNCCO.O=C([O-])CNCCO.[Ni+2]. The summed E-state index contributed by atoms with van der Waals surface area (Å²) in [6.07, 6.45) is 0. The maximum Gasteiger partial charge on any atom is 2.00 e. The van der Waals surface area contributed by atoms with Crippen LogP contribution in [0.2, 0.25) is 0 Å². The number of carboxylic acids is 2. The van der Waals surface area contributed by atoms with E-state index in [-0.39, 0.29) is 42.8 Å². The number of aliphatic carboxylic acids is 2. The third-order valence-corrected chi connectivity index (χ3v) is 1.12. The van der Waals surface area contributed by atoms with Gasteiger partial charge in [0.25, 0.3) is 0 Å². The van der Waals surface area contributed by atoms with Gasteiger partial charge < -0.3 is 40.6 Å². The number of nitrogens with one attached hydrogen (secondary N) is 2. The summed E-state index contributed by atoms with van der Waals surface area (Å²) in [5.41, 5.74) is 0. The van der Waals surface area contributed by atoms with E-state index in [1.165, 1.54) is 0 Å². The second-order valence-electron chi connectivity index (χ2n) is 2.54. The van der Waals surface area contributed by atoms with Gasteiger partial charge in [-0.15, -0.1) is 0 Å². The van der Waals surface area contributed by atoms with E-state index in [4.69, 9.17) is 10.2 Å². The molecule has 9 heteroatoms. The van der Waals surface area contributed by atoms with Crippen molar-refractivity contribution in [1.82, 2.24) is 10.6 Å². The Labute approximate surface area is 109 Å². The van der Waals surface area contributed by atoms with Crippen LogP contribution in [0.1, 0.15) is 0 Å². The van der Waals surface area contributed by atoms with Gasteiger partial charge in [0, 0.05) is 26.2 Å². The summed E-state index contributed by atoms with van der Waals surface area (Å²) in [6.45, 7) is 0.115. The molecule has 0 rings (SSSR count). The summed E-state index contributed by atoms with van der Waals surface area (Å²) in [5, 5.41) is 40.3. The molecule has 0 amide bonds. The van der Waals surface area contributed by atoms with Gasteiger partial charge in [-0.2, -0.15) is 0 Å². The largest absolute Gasteiger partial charge is 2.00 e. The summed E-state index contributed by atoms with van der Waals surface area (Å²) in [5.74, 6) is -2.31. The molecule has 0 aromatic rings. The molecule has 0 saturated heterocycles. The average molecular weight is 295 g/mol. The van der Waals surface area contributed by atoms with Crippen LogP contribution < -0.4 is 20.8 Å².